The van der Waals surface area contributed by atoms with Crippen molar-refractivity contribution in [3.8, 4) is 5.75 Å². The molecular formula is C20H21FN2O7S. The predicted octanol–water partition coefficient (Wildman–Crippen LogP) is 1.45. The van der Waals surface area contributed by atoms with E-state index in [1.807, 2.05) is 22.4 Å². The lowest BCUT2D eigenvalue weighted by Gasteiger charge is -2.34. The molecule has 0 unspecified atom stereocenters. The number of rotatable bonds is 6. The number of carbonyl (C=O) groups is 4. The fraction of sp³-hybridized carbons (Fsp3) is 0.300. The van der Waals surface area contributed by atoms with Gasteiger partial charge in [-0.25, -0.2) is 14.0 Å². The number of amides is 1. The second-order valence-corrected chi connectivity index (χ2v) is 7.33. The number of ether oxygens (including phenoxy) is 1. The first-order chi connectivity index (χ1) is 14.8. The normalized spacial score (nSPS) is 13.6. The summed E-state index contributed by atoms with van der Waals surface area (Å²) in [5.41, 5.74) is 0. The van der Waals surface area contributed by atoms with Gasteiger partial charge in [0.25, 0.3) is 5.91 Å². The number of carboxylic acids is 2. The largest absolute Gasteiger partial charge is 0.481 e. The molecule has 31 heavy (non-hydrogen) atoms. The number of halogens is 1. The Morgan fingerprint density at radius 2 is 1.61 bits per heavy atom. The Hall–Kier alpha value is -3.31. The first-order valence-corrected chi connectivity index (χ1v) is 10.1. The third-order valence-corrected chi connectivity index (χ3v) is 5.17. The van der Waals surface area contributed by atoms with Crippen molar-refractivity contribution in [3.05, 3.63) is 52.5 Å². The van der Waals surface area contributed by atoms with Crippen molar-refractivity contribution in [2.45, 2.75) is 0 Å². The number of thiophene rings is 1. The second kappa shape index (κ2) is 11.8. The van der Waals surface area contributed by atoms with E-state index < -0.39 is 17.8 Å². The van der Waals surface area contributed by atoms with E-state index in [9.17, 15) is 14.0 Å². The summed E-state index contributed by atoms with van der Waals surface area (Å²) in [6, 6.07) is 9.71. The van der Waals surface area contributed by atoms with Gasteiger partial charge in [-0.3, -0.25) is 14.5 Å². The molecule has 0 saturated carbocycles. The molecule has 2 aromatic rings. The highest BCUT2D eigenvalue weighted by molar-refractivity contribution is 7.12. The van der Waals surface area contributed by atoms with Crippen molar-refractivity contribution in [3.63, 3.8) is 0 Å². The summed E-state index contributed by atoms with van der Waals surface area (Å²) in [6.07, 6.45) is 0. The summed E-state index contributed by atoms with van der Waals surface area (Å²) < 4.78 is 18.7. The van der Waals surface area contributed by atoms with E-state index in [4.69, 9.17) is 24.5 Å². The first-order valence-electron chi connectivity index (χ1n) is 9.18. The van der Waals surface area contributed by atoms with Crippen molar-refractivity contribution >= 4 is 35.0 Å². The van der Waals surface area contributed by atoms with E-state index in [0.29, 0.717) is 32.7 Å². The van der Waals surface area contributed by atoms with E-state index in [2.05, 4.69) is 0 Å². The van der Waals surface area contributed by atoms with Crippen LogP contribution in [0, 0.1) is 5.82 Å². The summed E-state index contributed by atoms with van der Waals surface area (Å²) in [4.78, 5) is 47.0. The monoisotopic (exact) mass is 452 g/mol. The first kappa shape index (κ1) is 24.0. The maximum Gasteiger partial charge on any atom is 0.414 e. The molecule has 9 nitrogen and oxygen atoms in total. The lowest BCUT2D eigenvalue weighted by Crippen LogP contribution is -2.51. The summed E-state index contributed by atoms with van der Waals surface area (Å²) in [7, 11) is 0. The zero-order chi connectivity index (χ0) is 22.8. The molecule has 0 aliphatic carbocycles. The van der Waals surface area contributed by atoms with Crippen LogP contribution in [0.1, 0.15) is 9.67 Å². The molecule has 1 amide bonds. The van der Waals surface area contributed by atoms with Crippen molar-refractivity contribution in [1.82, 2.24) is 9.80 Å². The van der Waals surface area contributed by atoms with Gasteiger partial charge >= 0.3 is 11.9 Å². The maximum atomic E-state index is 13.5. The fourth-order valence-electron chi connectivity index (χ4n) is 2.67. The van der Waals surface area contributed by atoms with Crippen molar-refractivity contribution in [2.24, 2.45) is 0 Å². The Morgan fingerprint density at radius 3 is 2.16 bits per heavy atom. The Bertz CT molecular complexity index is 900. The molecule has 1 saturated heterocycles. The third kappa shape index (κ3) is 7.79. The molecule has 11 heteroatoms. The molecule has 2 N–H and O–H groups in total. The SMILES string of the molecule is O=C(CN1CCN(C(=O)COc2ccccc2F)CC1)c1cccs1.O=C(O)C(=O)O. The number of aliphatic carboxylic acids is 2. The molecule has 1 aromatic heterocycles. The molecule has 2 heterocycles. The van der Waals surface area contributed by atoms with Crippen LogP contribution in [0.3, 0.4) is 0 Å². The molecule has 166 valence electrons. The average molecular weight is 452 g/mol. The van der Waals surface area contributed by atoms with Crippen LogP contribution in [0.2, 0.25) is 0 Å². The number of nitrogens with zero attached hydrogens (tertiary/aromatic N) is 2. The lowest BCUT2D eigenvalue weighted by molar-refractivity contribution is -0.159. The summed E-state index contributed by atoms with van der Waals surface area (Å²) >= 11 is 1.44. The predicted molar refractivity (Wildman–Crippen MR) is 109 cm³/mol. The molecule has 0 spiro atoms. The molecule has 0 radical (unpaired) electrons. The second-order valence-electron chi connectivity index (χ2n) is 6.39. The highest BCUT2D eigenvalue weighted by atomic mass is 32.1. The quantitative estimate of drug-likeness (QED) is 0.499. The zero-order valence-electron chi connectivity index (χ0n) is 16.4. The minimum Gasteiger partial charge on any atom is -0.481 e. The van der Waals surface area contributed by atoms with Crippen LogP contribution >= 0.6 is 11.3 Å². The van der Waals surface area contributed by atoms with Crippen molar-refractivity contribution < 1.29 is 38.5 Å². The van der Waals surface area contributed by atoms with Crippen LogP contribution < -0.4 is 4.74 Å². The number of Topliss-reactive ketones (excluding diaryl/α,β-unsaturated/α-hetero) is 1. The van der Waals surface area contributed by atoms with Gasteiger partial charge in [0, 0.05) is 26.2 Å². The highest BCUT2D eigenvalue weighted by Gasteiger charge is 2.23. The lowest BCUT2D eigenvalue weighted by atomic mass is 10.2. The summed E-state index contributed by atoms with van der Waals surface area (Å²) in [5, 5.41) is 16.7. The number of hydrogen-bond acceptors (Lipinski definition) is 7. The van der Waals surface area contributed by atoms with E-state index in [1.165, 1.54) is 23.5 Å². The summed E-state index contributed by atoms with van der Waals surface area (Å²) in [6.45, 7) is 2.54. The number of ketones is 1. The third-order valence-electron chi connectivity index (χ3n) is 4.26. The van der Waals surface area contributed by atoms with Crippen LogP contribution in [0.5, 0.6) is 5.75 Å². The molecule has 1 aromatic carbocycles. The Morgan fingerprint density at radius 1 is 0.968 bits per heavy atom. The standard InChI is InChI=1S/C18H19FN2O3S.C2H2O4/c19-14-4-1-2-5-16(14)24-13-18(23)21-9-7-20(8-10-21)12-15(22)17-6-3-11-25-17;3-1(4)2(5)6/h1-6,11H,7-10,12-13H2;(H,3,4)(H,5,6). The molecular weight excluding hydrogens is 431 g/mol. The topological polar surface area (TPSA) is 124 Å². The van der Waals surface area contributed by atoms with Gasteiger partial charge in [-0.05, 0) is 23.6 Å². The van der Waals surface area contributed by atoms with Crippen LogP contribution in [-0.2, 0) is 14.4 Å². The number of piperazine rings is 1. The molecule has 1 fully saturated rings. The van der Waals surface area contributed by atoms with Crippen molar-refractivity contribution in [2.75, 3.05) is 39.3 Å². The van der Waals surface area contributed by atoms with Crippen LogP contribution in [-0.4, -0.2) is 83.0 Å². The van der Waals surface area contributed by atoms with E-state index >= 15 is 0 Å². The number of hydrogen-bond donors (Lipinski definition) is 2. The van der Waals surface area contributed by atoms with Crippen molar-refractivity contribution in [1.29, 1.82) is 0 Å². The van der Waals surface area contributed by atoms with Crippen LogP contribution in [0.15, 0.2) is 41.8 Å². The van der Waals surface area contributed by atoms with E-state index in [0.717, 1.165) is 4.88 Å². The van der Waals surface area contributed by atoms with Crippen LogP contribution in [0.4, 0.5) is 4.39 Å². The molecule has 3 rings (SSSR count). The van der Waals surface area contributed by atoms with Gasteiger partial charge in [0.05, 0.1) is 11.4 Å². The number of benzene rings is 1. The molecule has 1 aliphatic rings. The van der Waals surface area contributed by atoms with Gasteiger partial charge in [0.1, 0.15) is 0 Å². The smallest absolute Gasteiger partial charge is 0.414 e. The minimum atomic E-state index is -1.82. The maximum absolute atomic E-state index is 13.5. The fourth-order valence-corrected chi connectivity index (χ4v) is 3.32. The number of carbonyl (C=O) groups excluding carboxylic acids is 2. The number of para-hydroxylation sites is 1. The van der Waals surface area contributed by atoms with Gasteiger partial charge in [0.2, 0.25) is 0 Å². The molecule has 0 atom stereocenters. The van der Waals surface area contributed by atoms with E-state index in [-0.39, 0.29) is 24.0 Å². The van der Waals surface area contributed by atoms with Gasteiger partial charge in [-0.1, -0.05) is 18.2 Å². The Balaban J connectivity index is 0.000000501. The highest BCUT2D eigenvalue weighted by Crippen LogP contribution is 2.16. The van der Waals surface area contributed by atoms with Gasteiger partial charge in [-0.15, -0.1) is 11.3 Å². The average Bonchev–Trinajstić information content (AvgIpc) is 3.29. The van der Waals surface area contributed by atoms with Gasteiger partial charge < -0.3 is 19.8 Å². The minimum absolute atomic E-state index is 0.0797. The Labute approximate surface area is 181 Å². The Kier molecular flexibility index (Phi) is 9.10. The van der Waals surface area contributed by atoms with Gasteiger partial charge in [-0.2, -0.15) is 0 Å². The summed E-state index contributed by atoms with van der Waals surface area (Å²) in [5.74, 6) is -4.11. The number of carboxylic acid groups (broad SMARTS) is 2. The van der Waals surface area contributed by atoms with Crippen LogP contribution in [0.25, 0.3) is 0 Å². The van der Waals surface area contributed by atoms with E-state index in [1.54, 1.807) is 17.0 Å². The molecule has 1 aliphatic heterocycles. The zero-order valence-corrected chi connectivity index (χ0v) is 17.2. The molecule has 0 bridgehead atoms. The van der Waals surface area contributed by atoms with Gasteiger partial charge in [0.15, 0.2) is 24.0 Å².